The number of carbonyl (C=O) groups is 11. The van der Waals surface area contributed by atoms with Gasteiger partial charge in [-0.05, 0) is 68.7 Å². The summed E-state index contributed by atoms with van der Waals surface area (Å²) in [5.41, 5.74) is 19.0. The summed E-state index contributed by atoms with van der Waals surface area (Å²) in [6, 6.07) is 3.82. The predicted molar refractivity (Wildman–Crippen MR) is 299 cm³/mol. The van der Waals surface area contributed by atoms with Crippen LogP contribution in [0.5, 0.6) is 0 Å². The van der Waals surface area contributed by atoms with Crippen LogP contribution in [0.2, 0.25) is 0 Å². The number of H-pyrrole nitrogens is 2. The van der Waals surface area contributed by atoms with E-state index in [0.29, 0.717) is 33.5 Å². The van der Waals surface area contributed by atoms with Crippen molar-refractivity contribution in [1.29, 1.82) is 0 Å². The van der Waals surface area contributed by atoms with Crippen LogP contribution in [-0.2, 0) is 72.0 Å². The maximum atomic E-state index is 14.2. The molecule has 2 heterocycles. The summed E-state index contributed by atoms with van der Waals surface area (Å²) in [7, 11) is 0. The molecule has 0 aliphatic heterocycles. The highest BCUT2D eigenvalue weighted by Crippen LogP contribution is 2.20. The number of nitrogens with two attached hydrogens (primary N) is 3. The Hall–Kier alpha value is -8.37. The van der Waals surface area contributed by atoms with Crippen molar-refractivity contribution in [3.8, 4) is 0 Å². The summed E-state index contributed by atoms with van der Waals surface area (Å²) < 4.78 is 0. The number of aromatic nitrogens is 3. The topological polar surface area (TPSA) is 439 Å². The second-order valence-corrected chi connectivity index (χ2v) is 20.9. The Morgan fingerprint density at radius 1 is 0.617 bits per heavy atom. The molecule has 0 saturated heterocycles. The van der Waals surface area contributed by atoms with E-state index in [0.717, 1.165) is 0 Å². The summed E-state index contributed by atoms with van der Waals surface area (Å²) >= 11 is 1.44. The molecule has 0 spiro atoms. The zero-order valence-corrected chi connectivity index (χ0v) is 46.8. The fourth-order valence-electron chi connectivity index (χ4n) is 8.23. The van der Waals surface area contributed by atoms with Crippen LogP contribution in [0.15, 0.2) is 73.3 Å². The number of primary amides is 2. The van der Waals surface area contributed by atoms with Crippen molar-refractivity contribution in [3.63, 3.8) is 0 Å². The lowest BCUT2D eigenvalue weighted by Gasteiger charge is -2.27. The maximum absolute atomic E-state index is 14.2. The number of aliphatic hydroxyl groups is 1. The number of nitrogens with zero attached hydrogens (tertiary/aromatic N) is 1. The molecular weight excluding hydrogens is 1070 g/mol. The van der Waals surface area contributed by atoms with Crippen LogP contribution >= 0.6 is 11.8 Å². The smallest absolute Gasteiger partial charge is 0.245 e. The van der Waals surface area contributed by atoms with Crippen LogP contribution in [0.3, 0.4) is 0 Å². The molecule has 10 atom stereocenters. The molecule has 2 aromatic carbocycles. The largest absolute Gasteiger partial charge is 0.391 e. The van der Waals surface area contributed by atoms with E-state index in [2.05, 4.69) is 62.8 Å². The van der Waals surface area contributed by atoms with Gasteiger partial charge in [0.05, 0.1) is 31.4 Å². The summed E-state index contributed by atoms with van der Waals surface area (Å²) in [6.07, 6.45) is 4.00. The Morgan fingerprint density at radius 2 is 1.19 bits per heavy atom. The Kier molecular flexibility index (Phi) is 25.8. The molecule has 0 fully saturated rings. The van der Waals surface area contributed by atoms with Crippen molar-refractivity contribution < 1.29 is 57.8 Å². The van der Waals surface area contributed by atoms with Crippen molar-refractivity contribution in [2.24, 2.45) is 23.1 Å². The van der Waals surface area contributed by atoms with Gasteiger partial charge in [0, 0.05) is 48.3 Å². The Bertz CT molecular complexity index is 2810. The van der Waals surface area contributed by atoms with Crippen LogP contribution in [0.25, 0.3) is 10.9 Å². The van der Waals surface area contributed by atoms with Gasteiger partial charge in [-0.15, -0.1) is 0 Å². The van der Waals surface area contributed by atoms with E-state index in [4.69, 9.17) is 17.2 Å². The number of rotatable bonds is 33. The van der Waals surface area contributed by atoms with Crippen LogP contribution < -0.4 is 65.1 Å². The molecule has 2 aromatic heterocycles. The molecule has 11 amide bonds. The van der Waals surface area contributed by atoms with Crippen LogP contribution in [0.1, 0.15) is 70.7 Å². The zero-order chi connectivity index (χ0) is 59.9. The van der Waals surface area contributed by atoms with Crippen molar-refractivity contribution in [3.05, 3.63) is 90.1 Å². The minimum atomic E-state index is -1.70. The van der Waals surface area contributed by atoms with Crippen molar-refractivity contribution in [2.75, 3.05) is 18.6 Å². The Balaban J connectivity index is 1.48. The molecule has 0 saturated carbocycles. The average molecular weight is 1150 g/mol. The molecule has 18 N–H and O–H groups in total. The van der Waals surface area contributed by atoms with E-state index < -0.39 is 138 Å². The third-order valence-corrected chi connectivity index (χ3v) is 13.2. The first kappa shape index (κ1) is 65.2. The van der Waals surface area contributed by atoms with Crippen LogP contribution in [0.4, 0.5) is 0 Å². The minimum Gasteiger partial charge on any atom is -0.391 e. The van der Waals surface area contributed by atoms with E-state index in [1.165, 1.54) is 45.1 Å². The van der Waals surface area contributed by atoms with Gasteiger partial charge in [-0.25, -0.2) is 4.98 Å². The average Bonchev–Trinajstić information content (AvgIpc) is 4.10. The number of hydrogen-bond acceptors (Lipinski definition) is 15. The normalized spacial score (nSPS) is 14.9. The number of fused-ring (bicyclic) bond motifs is 1. The highest BCUT2D eigenvalue weighted by Gasteiger charge is 2.35. The van der Waals surface area contributed by atoms with Gasteiger partial charge in [-0.1, -0.05) is 62.4 Å². The standard InChI is InChI=1S/C53H75N15O12S/c1-27(2)18-37(65-52(79)41(22-42(55)70)64-46(73)28(3)54)49(76)67-39(20-32-23-58-35-15-11-10-14-34(32)35)48(75)61-29(4)47(74)68-44(30(5)69)53(80)59-25-43(71)62-40(21-33-24-57-26-60-33)51(78)66-38(19-31-12-8-7-9-13-31)50(77)63-36(45(56)72)16-17-81-6/h7-15,23-24,26-30,36-41,44,58,69H,16-22,25,54H2,1-6H3,(H2,55,70)(H2,56,72)(H,57,60)(H,59,80)(H,61,75)(H,62,71)(H,63,77)(H,64,73)(H,65,79)(H,66,78)(H,67,76)(H,68,74)/t28-,29-,30?,36-,37-,38-,39-,40-,41-,44?/m0/s1. The number of imidazole rings is 1. The number of thioether (sulfide) groups is 1. The first-order valence-electron chi connectivity index (χ1n) is 26.1. The SMILES string of the molecule is CSCC[C@H](NC(=O)[C@H](Cc1ccccc1)NC(=O)[C@H](Cc1cnc[nH]1)NC(=O)CNC(=O)C(NC(=O)[C@H](C)NC(=O)[C@H](Cc1c[nH]c2ccccc12)NC(=O)[C@H](CC(C)C)NC(=O)[C@H](CC(N)=O)NC(=O)[C@H](C)N)C(C)O)C(N)=O. The third kappa shape index (κ3) is 21.3. The van der Waals surface area contributed by atoms with Gasteiger partial charge in [0.2, 0.25) is 65.0 Å². The van der Waals surface area contributed by atoms with E-state index >= 15 is 0 Å². The molecule has 0 aliphatic carbocycles. The molecule has 81 heavy (non-hydrogen) atoms. The molecule has 4 rings (SSSR count). The Morgan fingerprint density at radius 3 is 1.78 bits per heavy atom. The number of benzene rings is 2. The molecule has 2 unspecified atom stereocenters. The van der Waals surface area contributed by atoms with Gasteiger partial charge in [-0.3, -0.25) is 52.7 Å². The highest BCUT2D eigenvalue weighted by atomic mass is 32.2. The molecule has 0 bridgehead atoms. The first-order chi connectivity index (χ1) is 38.4. The summed E-state index contributed by atoms with van der Waals surface area (Å²) in [6.45, 7) is 6.59. The molecular formula is C53H75N15O12S. The first-order valence-corrected chi connectivity index (χ1v) is 27.5. The van der Waals surface area contributed by atoms with Gasteiger partial charge in [0.25, 0.3) is 0 Å². The second kappa shape index (κ2) is 32.0. The fraction of sp³-hybridized carbons (Fsp3) is 0.472. The number of carbonyl (C=O) groups excluding carboxylic acids is 11. The molecule has 28 heteroatoms. The van der Waals surface area contributed by atoms with Crippen LogP contribution in [-0.4, -0.2) is 164 Å². The van der Waals surface area contributed by atoms with E-state index in [-0.39, 0.29) is 38.0 Å². The number of aromatic amines is 2. The number of amides is 11. The van der Waals surface area contributed by atoms with E-state index in [1.54, 1.807) is 74.6 Å². The lowest BCUT2D eigenvalue weighted by Crippen LogP contribution is -2.60. The van der Waals surface area contributed by atoms with Gasteiger partial charge in [0.1, 0.15) is 48.3 Å². The third-order valence-electron chi connectivity index (χ3n) is 12.6. The fourth-order valence-corrected chi connectivity index (χ4v) is 8.70. The number of hydrogen-bond donors (Lipinski definition) is 15. The summed E-state index contributed by atoms with van der Waals surface area (Å²) in [5.74, 6) is -9.22. The van der Waals surface area contributed by atoms with Crippen molar-refractivity contribution in [2.45, 2.75) is 134 Å². The minimum absolute atomic E-state index is 0.00808. The van der Waals surface area contributed by atoms with Crippen LogP contribution in [0, 0.1) is 5.92 Å². The van der Waals surface area contributed by atoms with Crippen molar-refractivity contribution >= 4 is 87.6 Å². The maximum Gasteiger partial charge on any atom is 0.245 e. The molecule has 440 valence electrons. The predicted octanol–water partition coefficient (Wildman–Crippen LogP) is -3.18. The van der Waals surface area contributed by atoms with Gasteiger partial charge in [-0.2, -0.15) is 11.8 Å². The lowest BCUT2D eigenvalue weighted by atomic mass is 10.00. The van der Waals surface area contributed by atoms with E-state index in [1.807, 2.05) is 6.26 Å². The zero-order valence-electron chi connectivity index (χ0n) is 46.0. The number of nitrogens with one attached hydrogen (secondary N) is 11. The molecule has 4 aromatic rings. The van der Waals surface area contributed by atoms with Gasteiger partial charge in [0.15, 0.2) is 0 Å². The second-order valence-electron chi connectivity index (χ2n) is 19.9. The number of aliphatic hydroxyl groups excluding tert-OH is 1. The monoisotopic (exact) mass is 1150 g/mol. The highest BCUT2D eigenvalue weighted by molar-refractivity contribution is 7.98. The molecule has 0 aliphatic rings. The van der Waals surface area contributed by atoms with Gasteiger partial charge >= 0.3 is 0 Å². The van der Waals surface area contributed by atoms with Gasteiger partial charge < -0.3 is 80.1 Å². The summed E-state index contributed by atoms with van der Waals surface area (Å²) in [4.78, 5) is 157. The number of para-hydroxylation sites is 1. The summed E-state index contributed by atoms with van der Waals surface area (Å²) in [5, 5.41) is 34.1. The van der Waals surface area contributed by atoms with E-state index in [9.17, 15) is 57.8 Å². The lowest BCUT2D eigenvalue weighted by molar-refractivity contribution is -0.136. The molecule has 27 nitrogen and oxygen atoms in total. The molecule has 0 radical (unpaired) electrons. The van der Waals surface area contributed by atoms with Crippen molar-refractivity contribution in [1.82, 2.24) is 62.8 Å². The quantitative estimate of drug-likeness (QED) is 0.0224. The Labute approximate surface area is 472 Å².